The van der Waals surface area contributed by atoms with Crippen molar-refractivity contribution in [3.63, 3.8) is 0 Å². The molecule has 0 saturated heterocycles. The molecular formula is C12H16N4. The van der Waals surface area contributed by atoms with Gasteiger partial charge in [0, 0.05) is 18.6 Å². The van der Waals surface area contributed by atoms with Crippen LogP contribution in [0.5, 0.6) is 0 Å². The summed E-state index contributed by atoms with van der Waals surface area (Å²) in [7, 11) is 0. The Labute approximate surface area is 94.8 Å². The van der Waals surface area contributed by atoms with Gasteiger partial charge in [0.2, 0.25) is 0 Å². The van der Waals surface area contributed by atoms with Gasteiger partial charge in [0.1, 0.15) is 0 Å². The van der Waals surface area contributed by atoms with Crippen LogP contribution in [0.25, 0.3) is 11.7 Å². The molecule has 0 aliphatic rings. The van der Waals surface area contributed by atoms with Gasteiger partial charge in [-0.15, -0.1) is 0 Å². The van der Waals surface area contributed by atoms with Gasteiger partial charge in [-0.3, -0.25) is 0 Å². The van der Waals surface area contributed by atoms with E-state index >= 15 is 0 Å². The summed E-state index contributed by atoms with van der Waals surface area (Å²) in [6, 6.07) is 0. The molecule has 0 unspecified atom stereocenters. The Balaban J connectivity index is 2.43. The standard InChI is InChI=1S/C12H16N4/c1-12(2,3)5-4-9-8-16-7-6-14-11(16)10(13)15-9/h4-8H,1-3H3,(H2,13,15)/b5-4+. The lowest BCUT2D eigenvalue weighted by Crippen LogP contribution is -2.01. The Morgan fingerprint density at radius 3 is 2.81 bits per heavy atom. The molecule has 0 aliphatic heterocycles. The Morgan fingerprint density at radius 1 is 1.38 bits per heavy atom. The van der Waals surface area contributed by atoms with Crippen molar-refractivity contribution in [1.82, 2.24) is 14.4 Å². The average Bonchev–Trinajstić information content (AvgIpc) is 2.62. The summed E-state index contributed by atoms with van der Waals surface area (Å²) in [4.78, 5) is 8.40. The van der Waals surface area contributed by atoms with E-state index in [9.17, 15) is 0 Å². The van der Waals surface area contributed by atoms with Gasteiger partial charge in [0.25, 0.3) is 0 Å². The van der Waals surface area contributed by atoms with Gasteiger partial charge in [-0.25, -0.2) is 9.97 Å². The van der Waals surface area contributed by atoms with E-state index in [1.807, 2.05) is 22.9 Å². The smallest absolute Gasteiger partial charge is 0.179 e. The first-order valence-corrected chi connectivity index (χ1v) is 5.24. The van der Waals surface area contributed by atoms with E-state index in [2.05, 4.69) is 36.8 Å². The normalized spacial score (nSPS) is 12.7. The van der Waals surface area contributed by atoms with Crippen LogP contribution in [0, 0.1) is 5.41 Å². The molecule has 0 atom stereocenters. The zero-order valence-corrected chi connectivity index (χ0v) is 9.81. The fourth-order valence-electron chi connectivity index (χ4n) is 1.39. The molecule has 0 amide bonds. The largest absolute Gasteiger partial charge is 0.381 e. The lowest BCUT2D eigenvalue weighted by molar-refractivity contribution is 0.547. The number of nitrogen functional groups attached to an aromatic ring is 1. The molecule has 0 aliphatic carbocycles. The Kier molecular flexibility index (Phi) is 2.42. The molecule has 4 nitrogen and oxygen atoms in total. The fraction of sp³-hybridized carbons (Fsp3) is 0.333. The van der Waals surface area contributed by atoms with Crippen molar-refractivity contribution in [1.29, 1.82) is 0 Å². The van der Waals surface area contributed by atoms with Crippen LogP contribution >= 0.6 is 0 Å². The molecule has 0 fully saturated rings. The third-order valence-corrected chi connectivity index (χ3v) is 2.17. The van der Waals surface area contributed by atoms with Crippen molar-refractivity contribution in [2.45, 2.75) is 20.8 Å². The first kappa shape index (κ1) is 10.7. The maximum Gasteiger partial charge on any atom is 0.179 e. The zero-order valence-electron chi connectivity index (χ0n) is 9.81. The highest BCUT2D eigenvalue weighted by atomic mass is 15.0. The molecule has 2 N–H and O–H groups in total. The number of rotatable bonds is 1. The molecule has 0 saturated carbocycles. The summed E-state index contributed by atoms with van der Waals surface area (Å²) in [5.41, 5.74) is 7.50. The molecule has 4 heteroatoms. The SMILES string of the molecule is CC(C)(C)/C=C/c1cn2ccnc2c(N)n1. The van der Waals surface area contributed by atoms with Gasteiger partial charge >= 0.3 is 0 Å². The maximum atomic E-state index is 5.81. The molecule has 84 valence electrons. The molecule has 0 bridgehead atoms. The van der Waals surface area contributed by atoms with E-state index in [4.69, 9.17) is 5.73 Å². The van der Waals surface area contributed by atoms with Crippen LogP contribution < -0.4 is 5.73 Å². The minimum atomic E-state index is 0.139. The summed E-state index contributed by atoms with van der Waals surface area (Å²) >= 11 is 0. The predicted molar refractivity (Wildman–Crippen MR) is 65.9 cm³/mol. The second kappa shape index (κ2) is 3.63. The quantitative estimate of drug-likeness (QED) is 0.796. The number of allylic oxidation sites excluding steroid dienone is 1. The van der Waals surface area contributed by atoms with E-state index in [-0.39, 0.29) is 5.41 Å². The van der Waals surface area contributed by atoms with Crippen LogP contribution in [0.1, 0.15) is 26.5 Å². The van der Waals surface area contributed by atoms with Crippen LogP contribution in [0.3, 0.4) is 0 Å². The third-order valence-electron chi connectivity index (χ3n) is 2.17. The van der Waals surface area contributed by atoms with E-state index in [1.54, 1.807) is 6.20 Å². The van der Waals surface area contributed by atoms with E-state index < -0.39 is 0 Å². The number of imidazole rings is 1. The number of hydrogen-bond donors (Lipinski definition) is 1. The number of nitrogens with two attached hydrogens (primary N) is 1. The van der Waals surface area contributed by atoms with Crippen LogP contribution in [0.4, 0.5) is 5.82 Å². The van der Waals surface area contributed by atoms with Gasteiger partial charge in [-0.2, -0.15) is 0 Å². The van der Waals surface area contributed by atoms with Gasteiger partial charge in [0.05, 0.1) is 5.69 Å². The maximum absolute atomic E-state index is 5.81. The lowest BCUT2D eigenvalue weighted by atomic mass is 9.96. The molecule has 2 heterocycles. The summed E-state index contributed by atoms with van der Waals surface area (Å²) in [5.74, 6) is 0.459. The minimum Gasteiger partial charge on any atom is -0.381 e. The predicted octanol–water partition coefficient (Wildman–Crippen LogP) is 2.37. The molecule has 2 aromatic rings. The minimum absolute atomic E-state index is 0.139. The second-order valence-electron chi connectivity index (χ2n) is 4.91. The van der Waals surface area contributed by atoms with Crippen LogP contribution in [-0.4, -0.2) is 14.4 Å². The van der Waals surface area contributed by atoms with Crippen molar-refractivity contribution in [3.05, 3.63) is 30.4 Å². The van der Waals surface area contributed by atoms with Crippen LogP contribution in [0.2, 0.25) is 0 Å². The summed E-state index contributed by atoms with van der Waals surface area (Å²) in [6.07, 6.45) is 9.58. The Hall–Kier alpha value is -1.84. The summed E-state index contributed by atoms with van der Waals surface area (Å²) < 4.78 is 1.88. The van der Waals surface area contributed by atoms with Crippen molar-refractivity contribution in [2.24, 2.45) is 5.41 Å². The first-order chi connectivity index (χ1) is 7.46. The molecular weight excluding hydrogens is 200 g/mol. The van der Waals surface area contributed by atoms with Crippen molar-refractivity contribution < 1.29 is 0 Å². The highest BCUT2D eigenvalue weighted by Crippen LogP contribution is 2.17. The van der Waals surface area contributed by atoms with E-state index in [0.29, 0.717) is 11.5 Å². The van der Waals surface area contributed by atoms with Crippen molar-refractivity contribution in [2.75, 3.05) is 5.73 Å². The van der Waals surface area contributed by atoms with Crippen LogP contribution in [0.15, 0.2) is 24.7 Å². The molecule has 0 radical (unpaired) electrons. The van der Waals surface area contributed by atoms with Gasteiger partial charge < -0.3 is 10.1 Å². The molecule has 2 rings (SSSR count). The number of hydrogen-bond acceptors (Lipinski definition) is 3. The number of fused-ring (bicyclic) bond motifs is 1. The molecule has 0 aromatic carbocycles. The monoisotopic (exact) mass is 216 g/mol. The average molecular weight is 216 g/mol. The van der Waals surface area contributed by atoms with E-state index in [1.165, 1.54) is 0 Å². The second-order valence-corrected chi connectivity index (χ2v) is 4.91. The first-order valence-electron chi connectivity index (χ1n) is 5.24. The Morgan fingerprint density at radius 2 is 2.12 bits per heavy atom. The molecule has 0 spiro atoms. The molecule has 2 aromatic heterocycles. The molecule has 16 heavy (non-hydrogen) atoms. The zero-order chi connectivity index (χ0) is 11.8. The number of aromatic nitrogens is 3. The van der Waals surface area contributed by atoms with E-state index in [0.717, 1.165) is 5.69 Å². The third kappa shape index (κ3) is 2.21. The van der Waals surface area contributed by atoms with Crippen LogP contribution in [-0.2, 0) is 0 Å². The fourth-order valence-corrected chi connectivity index (χ4v) is 1.39. The Bertz CT molecular complexity index is 531. The summed E-state index contributed by atoms with van der Waals surface area (Å²) in [5, 5.41) is 0. The highest BCUT2D eigenvalue weighted by molar-refractivity contribution is 5.62. The number of nitrogens with zero attached hydrogens (tertiary/aromatic N) is 3. The van der Waals surface area contributed by atoms with Gasteiger partial charge in [-0.1, -0.05) is 26.8 Å². The number of anilines is 1. The highest BCUT2D eigenvalue weighted by Gasteiger charge is 2.05. The topological polar surface area (TPSA) is 56.2 Å². The summed E-state index contributed by atoms with van der Waals surface area (Å²) in [6.45, 7) is 6.42. The van der Waals surface area contributed by atoms with Crippen molar-refractivity contribution in [3.8, 4) is 0 Å². The van der Waals surface area contributed by atoms with Crippen molar-refractivity contribution >= 4 is 17.5 Å². The lowest BCUT2D eigenvalue weighted by Gasteiger charge is -2.10. The van der Waals surface area contributed by atoms with Gasteiger partial charge in [-0.05, 0) is 11.5 Å². The van der Waals surface area contributed by atoms with Gasteiger partial charge in [0.15, 0.2) is 11.5 Å².